The summed E-state index contributed by atoms with van der Waals surface area (Å²) in [6.45, 7) is 2.19. The van der Waals surface area contributed by atoms with E-state index in [9.17, 15) is 9.18 Å². The van der Waals surface area contributed by atoms with Gasteiger partial charge in [0.25, 0.3) is 0 Å². The van der Waals surface area contributed by atoms with Crippen LogP contribution < -0.4 is 10.4 Å². The minimum absolute atomic E-state index is 0.123. The maximum absolute atomic E-state index is 13.5. The van der Waals surface area contributed by atoms with Gasteiger partial charge in [0, 0.05) is 18.7 Å². The normalized spacial score (nSPS) is 10.9. The summed E-state index contributed by atoms with van der Waals surface area (Å²) in [7, 11) is 1.53. The number of nitrogens with zero attached hydrogens (tertiary/aromatic N) is 4. The van der Waals surface area contributed by atoms with Crippen LogP contribution in [0.1, 0.15) is 24.5 Å². The van der Waals surface area contributed by atoms with E-state index in [1.807, 2.05) is 12.1 Å². The minimum Gasteiger partial charge on any atom is -0.487 e. The Kier molecular flexibility index (Phi) is 5.37. The zero-order valence-electron chi connectivity index (χ0n) is 14.4. The molecule has 1 heterocycles. The number of aryl methyl sites for hydroxylation is 2. The third kappa shape index (κ3) is 3.62. The number of benzene rings is 2. The summed E-state index contributed by atoms with van der Waals surface area (Å²) in [4.78, 5) is 12.3. The zero-order valence-corrected chi connectivity index (χ0v) is 15.2. The molecule has 26 heavy (non-hydrogen) atoms. The minimum atomic E-state index is -0.434. The molecule has 6 nitrogen and oxygen atoms in total. The lowest BCUT2D eigenvalue weighted by molar-refractivity contribution is 0.303. The third-order valence-corrected chi connectivity index (χ3v) is 4.29. The molecule has 8 heteroatoms. The fourth-order valence-electron chi connectivity index (χ4n) is 2.69. The van der Waals surface area contributed by atoms with Gasteiger partial charge in [0.2, 0.25) is 0 Å². The molecule has 3 aromatic rings. The number of ether oxygens (including phenoxy) is 1. The van der Waals surface area contributed by atoms with Crippen LogP contribution in [0.3, 0.4) is 0 Å². The summed E-state index contributed by atoms with van der Waals surface area (Å²) < 4.78 is 21.6. The molecule has 0 unspecified atom stereocenters. The second-order valence-electron chi connectivity index (χ2n) is 5.83. The first-order chi connectivity index (χ1) is 12.5. The molecule has 0 saturated heterocycles. The van der Waals surface area contributed by atoms with Gasteiger partial charge >= 0.3 is 5.69 Å². The standard InChI is InChI=1S/C18H18ClFN4O2/c1-3-5-12-6-4-7-16(24-18(25)23(2)21-22-24)14(12)11-26-17-10-13(20)8-9-15(17)19/h4,6-10H,3,5,11H2,1-2H3. The van der Waals surface area contributed by atoms with E-state index in [0.29, 0.717) is 10.7 Å². The molecule has 0 bridgehead atoms. The first-order valence-electron chi connectivity index (χ1n) is 8.19. The molecule has 0 aliphatic heterocycles. The topological polar surface area (TPSA) is 61.9 Å². The van der Waals surface area contributed by atoms with E-state index < -0.39 is 5.82 Å². The highest BCUT2D eigenvalue weighted by Crippen LogP contribution is 2.27. The number of tetrazole rings is 1. The Labute approximate surface area is 154 Å². The molecule has 0 N–H and O–H groups in total. The Morgan fingerprint density at radius 1 is 1.23 bits per heavy atom. The van der Waals surface area contributed by atoms with Gasteiger partial charge in [-0.25, -0.2) is 9.18 Å². The van der Waals surface area contributed by atoms with Crippen LogP contribution in [0.25, 0.3) is 5.69 Å². The first-order valence-corrected chi connectivity index (χ1v) is 8.57. The Morgan fingerprint density at radius 2 is 2.04 bits per heavy atom. The predicted octanol–water partition coefficient (Wildman–Crippen LogP) is 3.29. The molecule has 3 rings (SSSR count). The van der Waals surface area contributed by atoms with Gasteiger partial charge < -0.3 is 4.74 Å². The summed E-state index contributed by atoms with van der Waals surface area (Å²) >= 11 is 6.08. The third-order valence-electron chi connectivity index (χ3n) is 3.98. The lowest BCUT2D eigenvalue weighted by atomic mass is 10.0. The van der Waals surface area contributed by atoms with Crippen molar-refractivity contribution in [3.8, 4) is 11.4 Å². The van der Waals surface area contributed by atoms with E-state index in [4.69, 9.17) is 16.3 Å². The number of hydrogen-bond donors (Lipinski definition) is 0. The van der Waals surface area contributed by atoms with Crippen molar-refractivity contribution in [2.24, 2.45) is 7.05 Å². The molecule has 0 spiro atoms. The van der Waals surface area contributed by atoms with Crippen LogP contribution in [0.2, 0.25) is 5.02 Å². The summed E-state index contributed by atoms with van der Waals surface area (Å²) in [5.74, 6) is -0.188. The van der Waals surface area contributed by atoms with Crippen LogP contribution in [0, 0.1) is 5.82 Å². The number of rotatable bonds is 6. The van der Waals surface area contributed by atoms with Gasteiger partial charge in [-0.3, -0.25) is 0 Å². The zero-order chi connectivity index (χ0) is 18.7. The molecular formula is C18H18ClFN4O2. The molecule has 1 aromatic heterocycles. The SMILES string of the molecule is CCCc1cccc(-n2nnn(C)c2=O)c1COc1cc(F)ccc1Cl. The summed E-state index contributed by atoms with van der Waals surface area (Å²) in [6, 6.07) is 9.56. The molecule has 0 radical (unpaired) electrons. The van der Waals surface area contributed by atoms with Crippen molar-refractivity contribution < 1.29 is 9.13 Å². The van der Waals surface area contributed by atoms with E-state index in [-0.39, 0.29) is 18.0 Å². The van der Waals surface area contributed by atoms with Gasteiger partial charge in [-0.05, 0) is 40.6 Å². The van der Waals surface area contributed by atoms with Gasteiger partial charge in [0.1, 0.15) is 18.2 Å². The van der Waals surface area contributed by atoms with Crippen molar-refractivity contribution in [2.75, 3.05) is 0 Å². The Balaban J connectivity index is 2.02. The monoisotopic (exact) mass is 376 g/mol. The molecule has 136 valence electrons. The molecular weight excluding hydrogens is 359 g/mol. The van der Waals surface area contributed by atoms with Gasteiger partial charge in [-0.1, -0.05) is 37.1 Å². The van der Waals surface area contributed by atoms with Crippen molar-refractivity contribution in [2.45, 2.75) is 26.4 Å². The fraction of sp³-hybridized carbons (Fsp3) is 0.278. The van der Waals surface area contributed by atoms with Gasteiger partial charge in [0.05, 0.1) is 10.7 Å². The van der Waals surface area contributed by atoms with Crippen LogP contribution in [0.4, 0.5) is 4.39 Å². The molecule has 0 amide bonds. The quantitative estimate of drug-likeness (QED) is 0.662. The second kappa shape index (κ2) is 7.70. The maximum Gasteiger partial charge on any atom is 0.368 e. The predicted molar refractivity (Wildman–Crippen MR) is 96.3 cm³/mol. The van der Waals surface area contributed by atoms with Crippen molar-refractivity contribution in [1.29, 1.82) is 0 Å². The average molecular weight is 377 g/mol. The Morgan fingerprint density at radius 3 is 2.73 bits per heavy atom. The van der Waals surface area contributed by atoms with Crippen LogP contribution >= 0.6 is 11.6 Å². The highest BCUT2D eigenvalue weighted by molar-refractivity contribution is 6.32. The van der Waals surface area contributed by atoms with E-state index >= 15 is 0 Å². The van der Waals surface area contributed by atoms with Gasteiger partial charge in [-0.2, -0.15) is 9.36 Å². The van der Waals surface area contributed by atoms with Gasteiger partial charge in [-0.15, -0.1) is 0 Å². The maximum atomic E-state index is 13.5. The molecule has 0 aliphatic rings. The molecule has 0 saturated carbocycles. The lowest BCUT2D eigenvalue weighted by Gasteiger charge is -2.15. The summed E-state index contributed by atoms with van der Waals surface area (Å²) in [5.41, 5.74) is 2.04. The first kappa shape index (κ1) is 18.1. The second-order valence-corrected chi connectivity index (χ2v) is 6.23. The number of halogens is 2. The largest absolute Gasteiger partial charge is 0.487 e. The van der Waals surface area contributed by atoms with Gasteiger partial charge in [0.15, 0.2) is 0 Å². The van der Waals surface area contributed by atoms with Crippen LogP contribution in [0.15, 0.2) is 41.2 Å². The van der Waals surface area contributed by atoms with E-state index in [0.717, 1.165) is 28.7 Å². The van der Waals surface area contributed by atoms with Crippen LogP contribution in [-0.4, -0.2) is 19.8 Å². The number of hydrogen-bond acceptors (Lipinski definition) is 4. The Bertz CT molecular complexity index is 984. The Hall–Kier alpha value is -2.67. The average Bonchev–Trinajstić information content (AvgIpc) is 2.95. The fourth-order valence-corrected chi connectivity index (χ4v) is 2.86. The molecule has 0 aliphatic carbocycles. The van der Waals surface area contributed by atoms with Crippen molar-refractivity contribution in [3.05, 3.63) is 68.8 Å². The van der Waals surface area contributed by atoms with Crippen molar-refractivity contribution in [3.63, 3.8) is 0 Å². The highest BCUT2D eigenvalue weighted by atomic mass is 35.5. The summed E-state index contributed by atoms with van der Waals surface area (Å²) in [6.07, 6.45) is 1.73. The lowest BCUT2D eigenvalue weighted by Crippen LogP contribution is -2.23. The molecule has 0 fully saturated rings. The number of aromatic nitrogens is 4. The summed E-state index contributed by atoms with van der Waals surface area (Å²) in [5, 5.41) is 7.99. The van der Waals surface area contributed by atoms with E-state index in [1.54, 1.807) is 6.07 Å². The van der Waals surface area contributed by atoms with Crippen LogP contribution in [0.5, 0.6) is 5.75 Å². The molecule has 2 aromatic carbocycles. The van der Waals surface area contributed by atoms with Crippen molar-refractivity contribution >= 4 is 11.6 Å². The highest BCUT2D eigenvalue weighted by Gasteiger charge is 2.15. The molecule has 0 atom stereocenters. The van der Waals surface area contributed by atoms with E-state index in [1.165, 1.54) is 29.9 Å². The van der Waals surface area contributed by atoms with E-state index in [2.05, 4.69) is 17.4 Å². The smallest absolute Gasteiger partial charge is 0.368 e. The van der Waals surface area contributed by atoms with Crippen molar-refractivity contribution in [1.82, 2.24) is 19.8 Å². The van der Waals surface area contributed by atoms with Crippen LogP contribution in [-0.2, 0) is 20.1 Å².